The van der Waals surface area contributed by atoms with Gasteiger partial charge in [0.15, 0.2) is 5.65 Å². The summed E-state index contributed by atoms with van der Waals surface area (Å²) < 4.78 is 16.1. The first-order chi connectivity index (χ1) is 15.0. The Kier molecular flexibility index (Phi) is 4.75. The van der Waals surface area contributed by atoms with E-state index in [4.69, 9.17) is 4.98 Å². The van der Waals surface area contributed by atoms with E-state index in [1.54, 1.807) is 23.0 Å². The summed E-state index contributed by atoms with van der Waals surface area (Å²) in [6.07, 6.45) is 6.90. The van der Waals surface area contributed by atoms with Crippen molar-refractivity contribution in [2.45, 2.75) is 18.9 Å². The SMILES string of the molecule is C[S+]([O-])Nc1cccc(-c2cc(NC3CC3)n3ncc(/C=C4\NC(=O)NC4=O)c3n2)c1. The van der Waals surface area contributed by atoms with E-state index >= 15 is 0 Å². The lowest BCUT2D eigenvalue weighted by Crippen LogP contribution is -2.22. The molecule has 10 nitrogen and oxygen atoms in total. The second-order valence-corrected chi connectivity index (χ2v) is 8.50. The van der Waals surface area contributed by atoms with Crippen LogP contribution in [-0.2, 0) is 16.2 Å². The van der Waals surface area contributed by atoms with E-state index in [9.17, 15) is 14.1 Å². The molecule has 158 valence electrons. The molecule has 2 fully saturated rings. The number of anilines is 2. The summed E-state index contributed by atoms with van der Waals surface area (Å²) >= 11 is -1.19. The molecule has 1 unspecified atom stereocenters. The number of nitrogens with zero attached hydrogens (tertiary/aromatic N) is 3. The van der Waals surface area contributed by atoms with E-state index in [0.29, 0.717) is 22.9 Å². The highest BCUT2D eigenvalue weighted by atomic mass is 32.2. The molecule has 0 spiro atoms. The molecule has 3 heterocycles. The number of urea groups is 1. The highest BCUT2D eigenvalue weighted by Gasteiger charge is 2.25. The standard InChI is InChI=1S/C20H19N7O3S/c1-31(30)26-14-4-2-3-11(7-14)15-9-17(22-13-5-6-13)27-18(23-15)12(10-21-27)8-16-19(28)25-20(29)24-16/h2-4,7-10,13,22,26H,5-6H2,1H3,(H2,24,25,28,29)/b16-8-. The molecule has 1 saturated heterocycles. The molecule has 31 heavy (non-hydrogen) atoms. The number of carbonyl (C=O) groups is 2. The van der Waals surface area contributed by atoms with Crippen LogP contribution in [0.1, 0.15) is 18.4 Å². The zero-order valence-electron chi connectivity index (χ0n) is 16.5. The smallest absolute Gasteiger partial charge is 0.326 e. The third kappa shape index (κ3) is 4.05. The van der Waals surface area contributed by atoms with Crippen LogP contribution in [0.2, 0.25) is 0 Å². The summed E-state index contributed by atoms with van der Waals surface area (Å²) in [6.45, 7) is 0. The zero-order valence-corrected chi connectivity index (χ0v) is 17.3. The minimum absolute atomic E-state index is 0.139. The van der Waals surface area contributed by atoms with E-state index in [0.717, 1.165) is 29.9 Å². The van der Waals surface area contributed by atoms with Gasteiger partial charge in [-0.25, -0.2) is 14.5 Å². The Labute approximate surface area is 180 Å². The fourth-order valence-corrected chi connectivity index (χ4v) is 3.77. The number of aromatic nitrogens is 3. The van der Waals surface area contributed by atoms with Crippen LogP contribution < -0.4 is 20.7 Å². The lowest BCUT2D eigenvalue weighted by molar-refractivity contribution is -0.115. The first-order valence-electron chi connectivity index (χ1n) is 9.66. The summed E-state index contributed by atoms with van der Waals surface area (Å²) in [6, 6.07) is 9.24. The van der Waals surface area contributed by atoms with Gasteiger partial charge in [-0.05, 0) is 31.1 Å². The Hall–Kier alpha value is -3.57. The third-order valence-electron chi connectivity index (χ3n) is 4.87. The molecule has 3 amide bonds. The van der Waals surface area contributed by atoms with Crippen LogP contribution in [0.25, 0.3) is 23.0 Å². The number of rotatable bonds is 6. The Morgan fingerprint density at radius 2 is 2.10 bits per heavy atom. The van der Waals surface area contributed by atoms with Gasteiger partial charge in [0.25, 0.3) is 5.91 Å². The molecule has 3 aromatic rings. The van der Waals surface area contributed by atoms with Gasteiger partial charge in [-0.1, -0.05) is 12.1 Å². The summed E-state index contributed by atoms with van der Waals surface area (Å²) in [5, 5.41) is 12.6. The van der Waals surface area contributed by atoms with E-state index in [2.05, 4.69) is 25.8 Å². The van der Waals surface area contributed by atoms with Crippen molar-refractivity contribution < 1.29 is 14.1 Å². The molecular formula is C20H19N7O3S. The van der Waals surface area contributed by atoms with Crippen molar-refractivity contribution in [2.24, 2.45) is 0 Å². The number of hydrogen-bond donors (Lipinski definition) is 4. The first kappa shape index (κ1) is 19.4. The predicted octanol–water partition coefficient (Wildman–Crippen LogP) is 1.86. The van der Waals surface area contributed by atoms with Gasteiger partial charge in [0.1, 0.15) is 17.8 Å². The predicted molar refractivity (Wildman–Crippen MR) is 117 cm³/mol. The fraction of sp³-hybridized carbons (Fsp3) is 0.200. The van der Waals surface area contributed by atoms with E-state index < -0.39 is 23.3 Å². The minimum Gasteiger partial charge on any atom is -0.593 e. The van der Waals surface area contributed by atoms with Crippen LogP contribution in [0.15, 0.2) is 42.2 Å². The molecule has 0 bridgehead atoms. The van der Waals surface area contributed by atoms with E-state index in [-0.39, 0.29) is 5.70 Å². The molecule has 1 aliphatic carbocycles. The summed E-state index contributed by atoms with van der Waals surface area (Å²) in [5.41, 5.74) is 3.53. The largest absolute Gasteiger partial charge is 0.593 e. The number of benzene rings is 1. The molecular weight excluding hydrogens is 418 g/mol. The highest BCUT2D eigenvalue weighted by Crippen LogP contribution is 2.30. The van der Waals surface area contributed by atoms with Gasteiger partial charge < -0.3 is 15.2 Å². The van der Waals surface area contributed by atoms with Crippen molar-refractivity contribution in [3.8, 4) is 11.3 Å². The monoisotopic (exact) mass is 437 g/mol. The maximum Gasteiger partial charge on any atom is 0.326 e. The Bertz CT molecular complexity index is 1230. The molecule has 0 radical (unpaired) electrons. The topological polar surface area (TPSA) is 136 Å². The van der Waals surface area contributed by atoms with Crippen LogP contribution in [0.5, 0.6) is 0 Å². The van der Waals surface area contributed by atoms with E-state index in [1.165, 1.54) is 0 Å². The second-order valence-electron chi connectivity index (χ2n) is 7.38. The van der Waals surface area contributed by atoms with Gasteiger partial charge in [0.2, 0.25) is 0 Å². The normalized spacial score (nSPS) is 18.2. The van der Waals surface area contributed by atoms with Crippen molar-refractivity contribution in [1.29, 1.82) is 0 Å². The maximum absolute atomic E-state index is 11.9. The fourth-order valence-electron chi connectivity index (χ4n) is 3.32. The molecule has 4 N–H and O–H groups in total. The van der Waals surface area contributed by atoms with Gasteiger partial charge in [-0.3, -0.25) is 10.1 Å². The second kappa shape index (κ2) is 7.60. The minimum atomic E-state index is -1.19. The van der Waals surface area contributed by atoms with Crippen LogP contribution in [0.3, 0.4) is 0 Å². The summed E-state index contributed by atoms with van der Waals surface area (Å²) in [5.74, 6) is 0.285. The zero-order chi connectivity index (χ0) is 21.5. The van der Waals surface area contributed by atoms with Gasteiger partial charge in [-0.15, -0.1) is 0 Å². The molecule has 1 atom stereocenters. The molecule has 11 heteroatoms. The van der Waals surface area contributed by atoms with Crippen molar-refractivity contribution >= 4 is 46.5 Å². The molecule has 1 aromatic carbocycles. The average Bonchev–Trinajstić information content (AvgIpc) is 3.36. The number of hydrogen-bond acceptors (Lipinski definition) is 7. The summed E-state index contributed by atoms with van der Waals surface area (Å²) in [4.78, 5) is 28.1. The van der Waals surface area contributed by atoms with Crippen molar-refractivity contribution in [2.75, 3.05) is 16.3 Å². The number of fused-ring (bicyclic) bond motifs is 1. The van der Waals surface area contributed by atoms with Gasteiger partial charge in [0, 0.05) is 23.2 Å². The molecule has 2 aliphatic rings. The van der Waals surface area contributed by atoms with Crippen molar-refractivity contribution in [3.05, 3.63) is 47.8 Å². The number of amides is 3. The Morgan fingerprint density at radius 3 is 2.81 bits per heavy atom. The lowest BCUT2D eigenvalue weighted by Gasteiger charge is -2.12. The maximum atomic E-state index is 11.9. The van der Waals surface area contributed by atoms with Crippen LogP contribution in [-0.4, -0.2) is 43.4 Å². The van der Waals surface area contributed by atoms with Crippen molar-refractivity contribution in [3.63, 3.8) is 0 Å². The van der Waals surface area contributed by atoms with Gasteiger partial charge in [0.05, 0.1) is 28.9 Å². The number of imide groups is 1. The number of nitrogens with one attached hydrogen (secondary N) is 4. The average molecular weight is 437 g/mol. The van der Waals surface area contributed by atoms with Crippen LogP contribution in [0, 0.1) is 0 Å². The van der Waals surface area contributed by atoms with E-state index in [1.807, 2.05) is 30.3 Å². The first-order valence-corrected chi connectivity index (χ1v) is 11.2. The van der Waals surface area contributed by atoms with Gasteiger partial charge in [-0.2, -0.15) is 9.61 Å². The number of carbonyl (C=O) groups excluding carboxylic acids is 2. The summed E-state index contributed by atoms with van der Waals surface area (Å²) in [7, 11) is 0. The molecule has 5 rings (SSSR count). The highest BCUT2D eigenvalue weighted by molar-refractivity contribution is 7.92. The molecule has 2 aromatic heterocycles. The molecule has 1 saturated carbocycles. The molecule has 1 aliphatic heterocycles. The third-order valence-corrected chi connectivity index (χ3v) is 5.39. The Morgan fingerprint density at radius 1 is 1.26 bits per heavy atom. The van der Waals surface area contributed by atoms with Crippen LogP contribution in [0.4, 0.5) is 16.3 Å². The van der Waals surface area contributed by atoms with Crippen molar-refractivity contribution in [1.82, 2.24) is 25.2 Å². The lowest BCUT2D eigenvalue weighted by atomic mass is 10.1. The van der Waals surface area contributed by atoms with Crippen LogP contribution >= 0.6 is 0 Å². The Balaban J connectivity index is 1.61. The van der Waals surface area contributed by atoms with Gasteiger partial charge >= 0.3 is 6.03 Å². The quantitative estimate of drug-likeness (QED) is 0.263.